The van der Waals surface area contributed by atoms with Gasteiger partial charge >= 0.3 is 0 Å². The van der Waals surface area contributed by atoms with E-state index in [0.717, 1.165) is 0 Å². The number of phenolic OH excluding ortho intramolecular Hbond substituents is 2. The second kappa shape index (κ2) is 3.22. The molecular formula is C12H14O4. The van der Waals surface area contributed by atoms with E-state index in [1.165, 1.54) is 19.1 Å². The Morgan fingerprint density at radius 3 is 2.25 bits per heavy atom. The summed E-state index contributed by atoms with van der Waals surface area (Å²) < 4.78 is 0. The average Bonchev–Trinajstić information content (AvgIpc) is 2.88. The SMILES string of the molecule is CC(=O)C1CC1(O)c1cc(O)c(C)c(O)c1. The highest BCUT2D eigenvalue weighted by molar-refractivity contribution is 5.83. The third-order valence-corrected chi connectivity index (χ3v) is 3.28. The minimum absolute atomic E-state index is 0.0716. The van der Waals surface area contributed by atoms with Crippen molar-refractivity contribution in [1.82, 2.24) is 0 Å². The van der Waals surface area contributed by atoms with Gasteiger partial charge in [0.05, 0.1) is 5.92 Å². The third-order valence-electron chi connectivity index (χ3n) is 3.28. The van der Waals surface area contributed by atoms with Gasteiger partial charge in [-0.25, -0.2) is 0 Å². The third kappa shape index (κ3) is 1.46. The topological polar surface area (TPSA) is 77.8 Å². The molecule has 0 radical (unpaired) electrons. The molecule has 1 saturated carbocycles. The number of Topliss-reactive ketones (excluding diaryl/α,β-unsaturated/α-hetero) is 1. The second-order valence-electron chi connectivity index (χ2n) is 4.43. The molecule has 2 atom stereocenters. The van der Waals surface area contributed by atoms with Crippen LogP contribution in [0.4, 0.5) is 0 Å². The molecule has 1 aliphatic rings. The number of carbonyl (C=O) groups is 1. The molecule has 16 heavy (non-hydrogen) atoms. The highest BCUT2D eigenvalue weighted by atomic mass is 16.3. The van der Waals surface area contributed by atoms with Gasteiger partial charge in [-0.15, -0.1) is 0 Å². The number of hydrogen-bond donors (Lipinski definition) is 3. The van der Waals surface area contributed by atoms with E-state index in [0.29, 0.717) is 17.5 Å². The molecule has 3 N–H and O–H groups in total. The van der Waals surface area contributed by atoms with Gasteiger partial charge in [0, 0.05) is 5.56 Å². The Balaban J connectivity index is 2.40. The summed E-state index contributed by atoms with van der Waals surface area (Å²) in [6, 6.07) is 2.80. The van der Waals surface area contributed by atoms with Crippen LogP contribution in [0.3, 0.4) is 0 Å². The van der Waals surface area contributed by atoms with Crippen molar-refractivity contribution in [3.8, 4) is 11.5 Å². The predicted molar refractivity (Wildman–Crippen MR) is 57.2 cm³/mol. The van der Waals surface area contributed by atoms with Crippen LogP contribution in [0.25, 0.3) is 0 Å². The minimum atomic E-state index is -1.21. The molecule has 1 aromatic carbocycles. The van der Waals surface area contributed by atoms with Crippen LogP contribution in [0.5, 0.6) is 11.5 Å². The zero-order chi connectivity index (χ0) is 12.1. The largest absolute Gasteiger partial charge is 0.508 e. The lowest BCUT2D eigenvalue weighted by Crippen LogP contribution is -2.12. The molecule has 1 aromatic rings. The zero-order valence-electron chi connectivity index (χ0n) is 9.19. The number of aromatic hydroxyl groups is 2. The van der Waals surface area contributed by atoms with Crippen molar-refractivity contribution in [2.45, 2.75) is 25.9 Å². The first-order valence-corrected chi connectivity index (χ1v) is 5.12. The number of carbonyl (C=O) groups excluding carboxylic acids is 1. The number of benzene rings is 1. The lowest BCUT2D eigenvalue weighted by atomic mass is 10.0. The van der Waals surface area contributed by atoms with Gasteiger partial charge in [0.25, 0.3) is 0 Å². The monoisotopic (exact) mass is 222 g/mol. The summed E-state index contributed by atoms with van der Waals surface area (Å²) >= 11 is 0. The van der Waals surface area contributed by atoms with E-state index in [-0.39, 0.29) is 17.3 Å². The van der Waals surface area contributed by atoms with Gasteiger partial charge in [0.2, 0.25) is 0 Å². The normalized spacial score (nSPS) is 27.8. The van der Waals surface area contributed by atoms with E-state index in [2.05, 4.69) is 0 Å². The van der Waals surface area contributed by atoms with E-state index < -0.39 is 11.5 Å². The average molecular weight is 222 g/mol. The zero-order valence-corrected chi connectivity index (χ0v) is 9.19. The van der Waals surface area contributed by atoms with Crippen LogP contribution in [-0.2, 0) is 10.4 Å². The molecule has 2 unspecified atom stereocenters. The lowest BCUT2D eigenvalue weighted by Gasteiger charge is -2.12. The van der Waals surface area contributed by atoms with Crippen molar-refractivity contribution in [3.05, 3.63) is 23.3 Å². The van der Waals surface area contributed by atoms with E-state index in [9.17, 15) is 20.1 Å². The Bertz CT molecular complexity index is 443. The van der Waals surface area contributed by atoms with E-state index >= 15 is 0 Å². The maximum absolute atomic E-state index is 11.1. The Hall–Kier alpha value is -1.55. The van der Waals surface area contributed by atoms with Crippen LogP contribution in [0.2, 0.25) is 0 Å². The summed E-state index contributed by atoms with van der Waals surface area (Å²) in [5.41, 5.74) is -0.449. The summed E-state index contributed by atoms with van der Waals surface area (Å²) in [5.74, 6) is -0.647. The van der Waals surface area contributed by atoms with Gasteiger partial charge in [-0.2, -0.15) is 0 Å². The fourth-order valence-electron chi connectivity index (χ4n) is 1.99. The maximum atomic E-state index is 11.1. The van der Waals surface area contributed by atoms with Crippen LogP contribution in [0.1, 0.15) is 24.5 Å². The molecule has 2 rings (SSSR count). The molecule has 1 fully saturated rings. The van der Waals surface area contributed by atoms with Crippen molar-refractivity contribution in [1.29, 1.82) is 0 Å². The summed E-state index contributed by atoms with van der Waals surface area (Å²) in [6.07, 6.45) is 0.351. The van der Waals surface area contributed by atoms with E-state index in [1.54, 1.807) is 6.92 Å². The van der Waals surface area contributed by atoms with E-state index in [1.807, 2.05) is 0 Å². The van der Waals surface area contributed by atoms with Crippen LogP contribution >= 0.6 is 0 Å². The highest BCUT2D eigenvalue weighted by Crippen LogP contribution is 2.53. The Morgan fingerprint density at radius 2 is 1.88 bits per heavy atom. The molecule has 4 heteroatoms. The molecule has 0 spiro atoms. The summed E-state index contributed by atoms with van der Waals surface area (Å²) in [5, 5.41) is 29.2. The van der Waals surface area contributed by atoms with E-state index in [4.69, 9.17) is 0 Å². The van der Waals surface area contributed by atoms with Gasteiger partial charge in [0.15, 0.2) is 0 Å². The first kappa shape index (κ1) is 11.0. The molecule has 0 aromatic heterocycles. The molecule has 86 valence electrons. The van der Waals surface area contributed by atoms with Gasteiger partial charge < -0.3 is 15.3 Å². The summed E-state index contributed by atoms with van der Waals surface area (Å²) in [4.78, 5) is 11.1. The van der Waals surface area contributed by atoms with Crippen LogP contribution in [0, 0.1) is 12.8 Å². The van der Waals surface area contributed by atoms with Crippen molar-refractivity contribution < 1.29 is 20.1 Å². The quantitative estimate of drug-likeness (QED) is 0.702. The molecular weight excluding hydrogens is 208 g/mol. The highest BCUT2D eigenvalue weighted by Gasteiger charge is 2.57. The molecule has 0 aliphatic heterocycles. The van der Waals surface area contributed by atoms with Crippen LogP contribution < -0.4 is 0 Å². The molecule has 4 nitrogen and oxygen atoms in total. The fourth-order valence-corrected chi connectivity index (χ4v) is 1.99. The smallest absolute Gasteiger partial charge is 0.136 e. The van der Waals surface area contributed by atoms with Gasteiger partial charge in [-0.1, -0.05) is 0 Å². The first-order valence-electron chi connectivity index (χ1n) is 5.12. The van der Waals surface area contributed by atoms with Crippen molar-refractivity contribution in [2.24, 2.45) is 5.92 Å². The molecule has 0 amide bonds. The number of aliphatic hydroxyl groups is 1. The fraction of sp³-hybridized carbons (Fsp3) is 0.417. The Morgan fingerprint density at radius 1 is 1.38 bits per heavy atom. The molecule has 1 aliphatic carbocycles. The molecule has 0 bridgehead atoms. The standard InChI is InChI=1S/C12H14O4/c1-6-10(14)3-8(4-11(6)15)12(16)5-9(12)7(2)13/h3-4,9,14-16H,5H2,1-2H3. The van der Waals surface area contributed by atoms with Gasteiger partial charge in [-0.3, -0.25) is 4.79 Å². The number of ketones is 1. The summed E-state index contributed by atoms with van der Waals surface area (Å²) in [6.45, 7) is 3.00. The first-order chi connectivity index (χ1) is 7.36. The van der Waals surface area contributed by atoms with Crippen molar-refractivity contribution in [3.63, 3.8) is 0 Å². The van der Waals surface area contributed by atoms with Gasteiger partial charge in [0.1, 0.15) is 22.9 Å². The van der Waals surface area contributed by atoms with Crippen LogP contribution in [-0.4, -0.2) is 21.1 Å². The number of phenols is 2. The minimum Gasteiger partial charge on any atom is -0.508 e. The lowest BCUT2D eigenvalue weighted by molar-refractivity contribution is -0.119. The van der Waals surface area contributed by atoms with Gasteiger partial charge in [-0.05, 0) is 38.0 Å². The predicted octanol–water partition coefficient (Wildman–Crippen LogP) is 1.20. The van der Waals surface area contributed by atoms with Crippen molar-refractivity contribution in [2.75, 3.05) is 0 Å². The Labute approximate surface area is 93.2 Å². The Kier molecular flexibility index (Phi) is 2.20. The number of rotatable bonds is 2. The maximum Gasteiger partial charge on any atom is 0.136 e. The number of hydrogen-bond acceptors (Lipinski definition) is 4. The summed E-state index contributed by atoms with van der Waals surface area (Å²) in [7, 11) is 0. The molecule has 0 saturated heterocycles. The molecule has 0 heterocycles. The van der Waals surface area contributed by atoms with Crippen LogP contribution in [0.15, 0.2) is 12.1 Å². The second-order valence-corrected chi connectivity index (χ2v) is 4.43. The van der Waals surface area contributed by atoms with Crippen molar-refractivity contribution >= 4 is 5.78 Å².